The molecule has 15 heavy (non-hydrogen) atoms. The molecule has 0 spiro atoms. The third kappa shape index (κ3) is 5.28. The van der Waals surface area contributed by atoms with Crippen LogP contribution in [0.25, 0.3) is 0 Å². The zero-order chi connectivity index (χ0) is 11.5. The normalized spacial score (nSPS) is 29.6. The first-order chi connectivity index (χ1) is 6.87. The summed E-state index contributed by atoms with van der Waals surface area (Å²) in [5.41, 5.74) is 5.38. The van der Waals surface area contributed by atoms with Crippen LogP contribution in [0.1, 0.15) is 33.6 Å². The number of hydrogen-bond donors (Lipinski definition) is 3. The number of rotatable bonds is 1. The van der Waals surface area contributed by atoms with Crippen LogP contribution in [-0.2, 0) is 4.74 Å². The Morgan fingerprint density at radius 1 is 1.40 bits per heavy atom. The van der Waals surface area contributed by atoms with E-state index >= 15 is 0 Å². The third-order valence-electron chi connectivity index (χ3n) is 2.19. The van der Waals surface area contributed by atoms with E-state index in [0.717, 1.165) is 24.3 Å². The molecule has 0 aromatic heterocycles. The van der Waals surface area contributed by atoms with Gasteiger partial charge in [-0.2, -0.15) is 11.1 Å². The first kappa shape index (κ1) is 12.6. The van der Waals surface area contributed by atoms with Crippen molar-refractivity contribution in [3.63, 3.8) is 0 Å². The van der Waals surface area contributed by atoms with E-state index in [-0.39, 0.29) is 6.09 Å². The van der Waals surface area contributed by atoms with Gasteiger partial charge in [-0.25, -0.2) is 4.79 Å². The lowest BCUT2D eigenvalue weighted by atomic mass is 10.2. The molecular formula is C10H22N2O2S. The van der Waals surface area contributed by atoms with E-state index in [4.69, 9.17) is 10.5 Å². The molecule has 0 atom stereocenters. The number of carbonyl (C=O) groups excluding carboxylic acids is 1. The quantitative estimate of drug-likeness (QED) is 0.603. The molecule has 1 heterocycles. The van der Waals surface area contributed by atoms with Crippen LogP contribution in [0.3, 0.4) is 0 Å². The zero-order valence-electron chi connectivity index (χ0n) is 9.75. The maximum atomic E-state index is 11.5. The number of thiol groups is 1. The summed E-state index contributed by atoms with van der Waals surface area (Å²) in [4.78, 5) is 11.5. The van der Waals surface area contributed by atoms with Crippen molar-refractivity contribution < 1.29 is 9.53 Å². The van der Waals surface area contributed by atoms with Crippen LogP contribution in [-0.4, -0.2) is 29.2 Å². The van der Waals surface area contributed by atoms with Gasteiger partial charge in [0.1, 0.15) is 5.60 Å². The van der Waals surface area contributed by atoms with E-state index < -0.39 is 16.7 Å². The Morgan fingerprint density at radius 3 is 2.40 bits per heavy atom. The second-order valence-corrected chi connectivity index (χ2v) is 7.14. The number of hydrogen-bond acceptors (Lipinski definition) is 3. The highest BCUT2D eigenvalue weighted by Crippen LogP contribution is 2.28. The summed E-state index contributed by atoms with van der Waals surface area (Å²) in [6.45, 7) is 5.61. The van der Waals surface area contributed by atoms with Gasteiger partial charge in [0.25, 0.3) is 0 Å². The lowest BCUT2D eigenvalue weighted by Gasteiger charge is -2.31. The van der Waals surface area contributed by atoms with Crippen molar-refractivity contribution in [3.05, 3.63) is 0 Å². The van der Waals surface area contributed by atoms with Crippen molar-refractivity contribution in [2.24, 2.45) is 5.73 Å². The summed E-state index contributed by atoms with van der Waals surface area (Å²) in [6.07, 6.45) is 1.74. The molecule has 1 rings (SSSR count). The van der Waals surface area contributed by atoms with Crippen LogP contribution in [0.5, 0.6) is 0 Å². The minimum atomic E-state index is -0.411. The van der Waals surface area contributed by atoms with Gasteiger partial charge in [-0.15, -0.1) is 0 Å². The number of carbonyl (C=O) groups is 1. The molecule has 0 unspecified atom stereocenters. The Kier molecular flexibility index (Phi) is 4.28. The summed E-state index contributed by atoms with van der Waals surface area (Å²) in [7, 11) is 0. The summed E-state index contributed by atoms with van der Waals surface area (Å²) in [5.74, 6) is 2.05. The van der Waals surface area contributed by atoms with Gasteiger partial charge in [0.05, 0.1) is 0 Å². The molecule has 0 aliphatic carbocycles. The zero-order valence-corrected chi connectivity index (χ0v) is 10.6. The number of ether oxygens (including phenoxy) is 1. The molecule has 1 fully saturated rings. The van der Waals surface area contributed by atoms with Gasteiger partial charge in [0.2, 0.25) is 0 Å². The van der Waals surface area contributed by atoms with E-state index in [0.29, 0.717) is 6.04 Å². The van der Waals surface area contributed by atoms with E-state index in [1.54, 1.807) is 0 Å². The lowest BCUT2D eigenvalue weighted by molar-refractivity contribution is 0.0573. The number of nitrogens with one attached hydrogen (secondary N) is 1. The van der Waals surface area contributed by atoms with Crippen LogP contribution in [0.15, 0.2) is 0 Å². The van der Waals surface area contributed by atoms with Gasteiger partial charge in [-0.1, -0.05) is 0 Å². The fourth-order valence-corrected chi connectivity index (χ4v) is 3.48. The summed E-state index contributed by atoms with van der Waals surface area (Å²) in [6, 6.07) is 0.323. The van der Waals surface area contributed by atoms with Crippen molar-refractivity contribution in [2.45, 2.75) is 45.3 Å². The van der Waals surface area contributed by atoms with Crippen LogP contribution in [0, 0.1) is 0 Å². The fourth-order valence-electron chi connectivity index (χ4n) is 1.44. The Balaban J connectivity index is 2.27. The molecule has 5 heteroatoms. The lowest BCUT2D eigenvalue weighted by Crippen LogP contribution is -2.35. The van der Waals surface area contributed by atoms with Gasteiger partial charge in [-0.05, 0) is 45.1 Å². The highest BCUT2D eigenvalue weighted by Gasteiger charge is 2.20. The summed E-state index contributed by atoms with van der Waals surface area (Å²) in [5, 5.41) is 0. The van der Waals surface area contributed by atoms with Gasteiger partial charge in [-0.3, -0.25) is 4.72 Å². The first-order valence-corrected chi connectivity index (χ1v) is 7.08. The first-order valence-electron chi connectivity index (χ1n) is 5.37. The maximum Gasteiger partial charge on any atom is 0.416 e. The molecule has 1 aliphatic rings. The average molecular weight is 234 g/mol. The van der Waals surface area contributed by atoms with E-state index in [1.807, 2.05) is 20.8 Å². The van der Waals surface area contributed by atoms with Crippen molar-refractivity contribution in [3.8, 4) is 0 Å². The minimum absolute atomic E-state index is 0.288. The predicted molar refractivity (Wildman–Crippen MR) is 65.3 cm³/mol. The molecule has 0 aromatic carbocycles. The molecule has 0 aromatic rings. The largest absolute Gasteiger partial charge is 0.443 e. The van der Waals surface area contributed by atoms with Crippen LogP contribution in [0.2, 0.25) is 0 Å². The van der Waals surface area contributed by atoms with Gasteiger partial charge < -0.3 is 10.5 Å². The van der Waals surface area contributed by atoms with Crippen LogP contribution in [0.4, 0.5) is 4.79 Å². The standard InChI is InChI=1S/C10H22N2O2S/c1-10(2,3)14-9(13)12-15-6-4-8(11)5-7-15/h8,15H,4-7,11H2,1-3H3,(H,12,13). The molecule has 4 nitrogen and oxygen atoms in total. The summed E-state index contributed by atoms with van der Waals surface area (Å²) >= 11 is -0.395. The Morgan fingerprint density at radius 2 is 1.93 bits per heavy atom. The van der Waals surface area contributed by atoms with E-state index in [1.165, 1.54) is 0 Å². The van der Waals surface area contributed by atoms with Crippen LogP contribution >= 0.6 is 11.1 Å². The summed E-state index contributed by atoms with van der Waals surface area (Å²) < 4.78 is 8.15. The molecule has 3 N–H and O–H groups in total. The molecule has 1 aliphatic heterocycles. The number of nitrogens with two attached hydrogens (primary N) is 1. The Bertz CT molecular complexity index is 220. The predicted octanol–water partition coefficient (Wildman–Crippen LogP) is 1.55. The Labute approximate surface area is 94.4 Å². The third-order valence-corrected chi connectivity index (χ3v) is 4.28. The smallest absolute Gasteiger partial charge is 0.416 e. The number of amides is 1. The second-order valence-electron chi connectivity index (χ2n) is 4.94. The molecular weight excluding hydrogens is 212 g/mol. The average Bonchev–Trinajstić information content (AvgIpc) is 2.05. The Hall–Kier alpha value is -0.420. The molecule has 0 radical (unpaired) electrons. The van der Waals surface area contributed by atoms with E-state index in [2.05, 4.69) is 4.72 Å². The van der Waals surface area contributed by atoms with Crippen molar-refractivity contribution in [1.29, 1.82) is 0 Å². The molecule has 90 valence electrons. The fraction of sp³-hybridized carbons (Fsp3) is 0.900. The van der Waals surface area contributed by atoms with Crippen molar-refractivity contribution >= 4 is 17.2 Å². The highest BCUT2D eigenvalue weighted by molar-refractivity contribution is 8.15. The molecule has 1 saturated heterocycles. The highest BCUT2D eigenvalue weighted by atomic mass is 32.2. The minimum Gasteiger partial charge on any atom is -0.443 e. The van der Waals surface area contributed by atoms with E-state index in [9.17, 15) is 4.79 Å². The monoisotopic (exact) mass is 234 g/mol. The maximum absolute atomic E-state index is 11.5. The molecule has 0 bridgehead atoms. The topological polar surface area (TPSA) is 64.3 Å². The van der Waals surface area contributed by atoms with Crippen LogP contribution < -0.4 is 10.5 Å². The molecule has 0 saturated carbocycles. The van der Waals surface area contributed by atoms with Crippen molar-refractivity contribution in [1.82, 2.24) is 4.72 Å². The second kappa shape index (κ2) is 5.07. The van der Waals surface area contributed by atoms with Gasteiger partial charge in [0, 0.05) is 6.04 Å². The molecule has 1 amide bonds. The van der Waals surface area contributed by atoms with Gasteiger partial charge in [0.15, 0.2) is 0 Å². The SMILES string of the molecule is CC(C)(C)OC(=O)N[SH]1CCC(N)CC1. The van der Waals surface area contributed by atoms with Crippen molar-refractivity contribution in [2.75, 3.05) is 11.5 Å². The van der Waals surface area contributed by atoms with Gasteiger partial charge >= 0.3 is 6.09 Å².